The average molecular weight is 524 g/mol. The normalized spacial score (nSPS) is 30.6. The first-order valence-corrected chi connectivity index (χ1v) is 15.3. The van der Waals surface area contributed by atoms with Crippen molar-refractivity contribution in [3.05, 3.63) is 41.2 Å². The third-order valence-electron chi connectivity index (χ3n) is 10.8. The predicted molar refractivity (Wildman–Crippen MR) is 156 cm³/mol. The Hall–Kier alpha value is -1.72. The summed E-state index contributed by atoms with van der Waals surface area (Å²) >= 11 is 0. The molecule has 38 heavy (non-hydrogen) atoms. The minimum absolute atomic E-state index is 0.00138. The number of aliphatic hydroxyl groups excluding tert-OH is 1. The molecular weight excluding hydrogens is 470 g/mol. The van der Waals surface area contributed by atoms with Crippen molar-refractivity contribution in [2.75, 3.05) is 26.7 Å². The summed E-state index contributed by atoms with van der Waals surface area (Å²) in [6.45, 7) is 12.3. The molecule has 212 valence electrons. The summed E-state index contributed by atoms with van der Waals surface area (Å²) in [6, 6.07) is 6.10. The monoisotopic (exact) mass is 523 g/mol. The van der Waals surface area contributed by atoms with Crippen molar-refractivity contribution in [2.45, 2.75) is 104 Å². The Morgan fingerprint density at radius 3 is 2.66 bits per heavy atom. The molecule has 0 aliphatic heterocycles. The van der Waals surface area contributed by atoms with Crippen LogP contribution in [0.3, 0.4) is 0 Å². The van der Waals surface area contributed by atoms with Crippen molar-refractivity contribution >= 4 is 5.91 Å². The summed E-state index contributed by atoms with van der Waals surface area (Å²) in [4.78, 5) is 19.5. The van der Waals surface area contributed by atoms with Gasteiger partial charge in [0, 0.05) is 24.9 Å². The van der Waals surface area contributed by atoms with Gasteiger partial charge >= 0.3 is 0 Å². The van der Waals surface area contributed by atoms with E-state index in [0.29, 0.717) is 29.6 Å². The summed E-state index contributed by atoms with van der Waals surface area (Å²) in [7, 11) is 2.17. The summed E-state index contributed by atoms with van der Waals surface area (Å²) in [5.74, 6) is 2.12. The number of amides is 1. The number of fused-ring (bicyclic) bond motifs is 3. The number of nitrogens with one attached hydrogen (secondary N) is 1. The van der Waals surface area contributed by atoms with Gasteiger partial charge in [-0.15, -0.1) is 0 Å². The molecule has 5 atom stereocenters. The zero-order valence-electron chi connectivity index (χ0n) is 24.8. The van der Waals surface area contributed by atoms with Crippen LogP contribution in [0.25, 0.3) is 0 Å². The van der Waals surface area contributed by atoms with E-state index in [-0.39, 0.29) is 17.4 Å². The Kier molecular flexibility index (Phi) is 9.73. The zero-order valence-corrected chi connectivity index (χ0v) is 24.8. The molecule has 1 amide bonds. The van der Waals surface area contributed by atoms with Gasteiger partial charge in [-0.3, -0.25) is 9.78 Å². The van der Waals surface area contributed by atoms with E-state index in [1.807, 2.05) is 18.3 Å². The second-order valence-electron chi connectivity index (χ2n) is 13.5. The molecule has 5 heteroatoms. The number of nitrogens with zero attached hydrogens (tertiary/aromatic N) is 2. The first-order valence-electron chi connectivity index (χ1n) is 15.3. The lowest BCUT2D eigenvalue weighted by atomic mass is 9.43. The average Bonchev–Trinajstić information content (AvgIpc) is 2.89. The smallest absolute Gasteiger partial charge is 0.220 e. The van der Waals surface area contributed by atoms with Crippen molar-refractivity contribution in [1.29, 1.82) is 0 Å². The summed E-state index contributed by atoms with van der Waals surface area (Å²) < 4.78 is 0. The lowest BCUT2D eigenvalue weighted by Gasteiger charge is -2.62. The fraction of sp³-hybridized carbons (Fsp3) is 0.758. The van der Waals surface area contributed by atoms with E-state index in [2.05, 4.69) is 56.0 Å². The first-order chi connectivity index (χ1) is 18.1. The van der Waals surface area contributed by atoms with E-state index < -0.39 is 0 Å². The van der Waals surface area contributed by atoms with E-state index in [9.17, 15) is 9.90 Å². The summed E-state index contributed by atoms with van der Waals surface area (Å²) in [5, 5.41) is 14.0. The number of carbonyl (C=O) groups is 1. The number of pyridine rings is 1. The van der Waals surface area contributed by atoms with Crippen LogP contribution in [0, 0.1) is 28.6 Å². The van der Waals surface area contributed by atoms with Crippen molar-refractivity contribution in [3.63, 3.8) is 0 Å². The third-order valence-corrected chi connectivity index (χ3v) is 10.8. The second kappa shape index (κ2) is 12.6. The van der Waals surface area contributed by atoms with Gasteiger partial charge < -0.3 is 15.3 Å². The molecule has 1 aromatic heterocycles. The molecule has 0 bridgehead atoms. The van der Waals surface area contributed by atoms with E-state index in [4.69, 9.17) is 0 Å². The summed E-state index contributed by atoms with van der Waals surface area (Å²) in [5.41, 5.74) is 4.60. The van der Waals surface area contributed by atoms with Crippen molar-refractivity contribution in [2.24, 2.45) is 28.6 Å². The van der Waals surface area contributed by atoms with Gasteiger partial charge in [-0.2, -0.15) is 0 Å². The van der Waals surface area contributed by atoms with Gasteiger partial charge in [0.05, 0.1) is 6.10 Å². The Bertz CT molecular complexity index is 958. The molecule has 5 nitrogen and oxygen atoms in total. The number of aromatic nitrogens is 1. The van der Waals surface area contributed by atoms with Crippen LogP contribution in [0.1, 0.15) is 97.6 Å². The highest BCUT2D eigenvalue weighted by Gasteiger charge is 2.58. The van der Waals surface area contributed by atoms with Crippen molar-refractivity contribution in [3.8, 4) is 0 Å². The van der Waals surface area contributed by atoms with Crippen LogP contribution in [0.5, 0.6) is 0 Å². The van der Waals surface area contributed by atoms with Crippen LogP contribution in [0.4, 0.5) is 0 Å². The van der Waals surface area contributed by atoms with Gasteiger partial charge in [0.2, 0.25) is 5.91 Å². The summed E-state index contributed by atoms with van der Waals surface area (Å²) in [6.07, 6.45) is 13.3. The van der Waals surface area contributed by atoms with E-state index >= 15 is 0 Å². The molecule has 3 aliphatic rings. The molecule has 0 spiro atoms. The SMILES string of the molecule is CC1=C(CCC(=O)NCCCN(C)CCCc2ccccn2)[C@@H]2CC[C@H]3C(C)(C)[C@@H](O)CC[C@]3(C)[C@H]2CC1. The minimum Gasteiger partial charge on any atom is -0.393 e. The Morgan fingerprint density at radius 1 is 1.11 bits per heavy atom. The number of aliphatic hydroxyl groups is 1. The topological polar surface area (TPSA) is 65.5 Å². The number of rotatable bonds is 11. The predicted octanol–water partition coefficient (Wildman–Crippen LogP) is 6.17. The van der Waals surface area contributed by atoms with E-state index in [1.165, 1.54) is 25.7 Å². The Labute approximate surface area is 231 Å². The fourth-order valence-electron chi connectivity index (χ4n) is 8.53. The molecule has 0 radical (unpaired) electrons. The molecule has 2 fully saturated rings. The highest BCUT2D eigenvalue weighted by molar-refractivity contribution is 5.76. The molecule has 1 heterocycles. The molecule has 2 N–H and O–H groups in total. The molecule has 1 aromatic rings. The fourth-order valence-corrected chi connectivity index (χ4v) is 8.53. The Morgan fingerprint density at radius 2 is 1.89 bits per heavy atom. The van der Waals surface area contributed by atoms with Crippen LogP contribution in [0.15, 0.2) is 35.5 Å². The first kappa shape index (κ1) is 29.3. The molecule has 4 rings (SSSR count). The standard InChI is InChI=1S/C33H53N3O2/c1-24-12-15-28-27(13-16-29-32(2,3)30(37)18-19-33(28,29)4)26(24)14-17-31(38)35-21-9-23-36(5)22-8-11-25-10-6-7-20-34-25/h6-7,10,20,27-30,37H,8-9,11-19,21-23H2,1-5H3,(H,35,38)/t27-,28-,29-,30-,33+/m0/s1. The number of hydrogen-bond acceptors (Lipinski definition) is 4. The molecule has 0 aromatic carbocycles. The van der Waals surface area contributed by atoms with Gasteiger partial charge in [-0.25, -0.2) is 0 Å². The van der Waals surface area contributed by atoms with Gasteiger partial charge in [0.1, 0.15) is 0 Å². The Balaban J connectivity index is 1.19. The van der Waals surface area contributed by atoms with Gasteiger partial charge in [0.15, 0.2) is 0 Å². The lowest BCUT2D eigenvalue weighted by Crippen LogP contribution is -2.56. The van der Waals surface area contributed by atoms with Crippen LogP contribution in [-0.4, -0.2) is 53.7 Å². The molecule has 0 saturated heterocycles. The maximum atomic E-state index is 12.8. The van der Waals surface area contributed by atoms with Crippen LogP contribution >= 0.6 is 0 Å². The zero-order chi connectivity index (χ0) is 27.3. The third kappa shape index (κ3) is 6.53. The number of carbonyl (C=O) groups excluding carboxylic acids is 1. The number of aryl methyl sites for hydroxylation is 1. The molecule has 2 saturated carbocycles. The van der Waals surface area contributed by atoms with Gasteiger partial charge in [-0.1, -0.05) is 38.0 Å². The maximum absolute atomic E-state index is 12.8. The number of hydrogen-bond donors (Lipinski definition) is 2. The molecule has 3 aliphatic carbocycles. The van der Waals surface area contributed by atoms with E-state index in [1.54, 1.807) is 11.1 Å². The van der Waals surface area contributed by atoms with Crippen molar-refractivity contribution in [1.82, 2.24) is 15.2 Å². The molecular formula is C33H53N3O2. The molecule has 0 unspecified atom stereocenters. The quantitative estimate of drug-likeness (QED) is 0.269. The van der Waals surface area contributed by atoms with Crippen LogP contribution < -0.4 is 5.32 Å². The minimum atomic E-state index is -0.174. The maximum Gasteiger partial charge on any atom is 0.220 e. The van der Waals surface area contributed by atoms with Crippen LogP contribution in [-0.2, 0) is 11.2 Å². The highest BCUT2D eigenvalue weighted by Crippen LogP contribution is 2.64. The number of allylic oxidation sites excluding steroid dienone is 2. The van der Waals surface area contributed by atoms with Gasteiger partial charge in [-0.05, 0) is 132 Å². The highest BCUT2D eigenvalue weighted by atomic mass is 16.3. The van der Waals surface area contributed by atoms with Crippen molar-refractivity contribution < 1.29 is 9.90 Å². The van der Waals surface area contributed by atoms with E-state index in [0.717, 1.165) is 63.9 Å². The second-order valence-corrected chi connectivity index (χ2v) is 13.5. The van der Waals surface area contributed by atoms with Gasteiger partial charge in [0.25, 0.3) is 0 Å². The lowest BCUT2D eigenvalue weighted by molar-refractivity contribution is -0.149. The van der Waals surface area contributed by atoms with Crippen LogP contribution in [0.2, 0.25) is 0 Å². The largest absolute Gasteiger partial charge is 0.393 e.